The van der Waals surface area contributed by atoms with Crippen molar-refractivity contribution in [2.24, 2.45) is 0 Å². The second-order valence-corrected chi connectivity index (χ2v) is 10.8. The number of anilines is 1. The van der Waals surface area contributed by atoms with Crippen molar-refractivity contribution in [1.29, 1.82) is 0 Å². The van der Waals surface area contributed by atoms with Gasteiger partial charge in [-0.1, -0.05) is 0 Å². The Hall–Kier alpha value is -1.98. The van der Waals surface area contributed by atoms with Crippen LogP contribution in [0.3, 0.4) is 0 Å². The fourth-order valence-electron chi connectivity index (χ4n) is 3.61. The number of hydrogen-bond donors (Lipinski definition) is 0. The summed E-state index contributed by atoms with van der Waals surface area (Å²) in [6.07, 6.45) is 1.51. The number of aromatic nitrogens is 2. The van der Waals surface area contributed by atoms with Crippen LogP contribution < -0.4 is 10.5 Å². The molecule has 2 aliphatic rings. The molecule has 0 spiro atoms. The molecule has 0 saturated carbocycles. The number of hydrogen-bond acceptors (Lipinski definition) is 6. The van der Waals surface area contributed by atoms with Crippen LogP contribution >= 0.6 is 11.8 Å². The average Bonchev–Trinajstić information content (AvgIpc) is 2.66. The van der Waals surface area contributed by atoms with Crippen LogP contribution in [0, 0.1) is 11.6 Å². The Morgan fingerprint density at radius 2 is 1.86 bits per heavy atom. The van der Waals surface area contributed by atoms with E-state index >= 15 is 0 Å². The Morgan fingerprint density at radius 1 is 1.17 bits per heavy atom. The number of fused-ring (bicyclic) bond motifs is 3. The minimum atomic E-state index is -3.34. The van der Waals surface area contributed by atoms with Crippen LogP contribution in [0.1, 0.15) is 13.8 Å². The summed E-state index contributed by atoms with van der Waals surface area (Å²) < 4.78 is 54.6. The lowest BCUT2D eigenvalue weighted by Gasteiger charge is -2.45. The molecule has 1 saturated heterocycles. The van der Waals surface area contributed by atoms with Gasteiger partial charge in [-0.2, -0.15) is 14.1 Å². The molecule has 0 aliphatic carbocycles. The maximum absolute atomic E-state index is 13.5. The lowest BCUT2D eigenvalue weighted by Crippen LogP contribution is -2.58. The quantitative estimate of drug-likeness (QED) is 0.722. The highest BCUT2D eigenvalue weighted by Crippen LogP contribution is 2.36. The Morgan fingerprint density at radius 3 is 2.52 bits per heavy atom. The molecule has 11 heteroatoms. The Labute approximate surface area is 171 Å². The summed E-state index contributed by atoms with van der Waals surface area (Å²) in [6, 6.07) is 2.76. The Kier molecular flexibility index (Phi) is 5.16. The number of thioether (sulfide) groups is 1. The topological polar surface area (TPSA) is 75.5 Å². The predicted octanol–water partition coefficient (Wildman–Crippen LogP) is 1.85. The van der Waals surface area contributed by atoms with Crippen molar-refractivity contribution in [3.05, 3.63) is 46.4 Å². The van der Waals surface area contributed by atoms with Crippen LogP contribution in [0.25, 0.3) is 5.69 Å². The Bertz CT molecular complexity index is 1100. The van der Waals surface area contributed by atoms with Crippen LogP contribution in [-0.4, -0.2) is 59.2 Å². The third-order valence-electron chi connectivity index (χ3n) is 5.14. The van der Waals surface area contributed by atoms with Crippen molar-refractivity contribution >= 4 is 27.5 Å². The summed E-state index contributed by atoms with van der Waals surface area (Å²) in [6.45, 7) is 4.46. The molecular formula is C18H20F2N4O3S2. The van der Waals surface area contributed by atoms with Gasteiger partial charge in [0.05, 0.1) is 33.8 Å². The van der Waals surface area contributed by atoms with E-state index in [2.05, 4.69) is 5.10 Å². The van der Waals surface area contributed by atoms with E-state index in [1.54, 1.807) is 13.8 Å². The smallest absolute Gasteiger partial charge is 0.287 e. The molecule has 0 bridgehead atoms. The van der Waals surface area contributed by atoms with Gasteiger partial charge in [0.2, 0.25) is 10.0 Å². The molecule has 29 heavy (non-hydrogen) atoms. The zero-order valence-electron chi connectivity index (χ0n) is 15.9. The van der Waals surface area contributed by atoms with E-state index in [0.29, 0.717) is 36.0 Å². The van der Waals surface area contributed by atoms with Gasteiger partial charge in [-0.15, -0.1) is 11.8 Å². The third-order valence-corrected chi connectivity index (χ3v) is 8.60. The summed E-state index contributed by atoms with van der Waals surface area (Å²) in [4.78, 5) is 15.4. The molecule has 2 aromatic rings. The summed E-state index contributed by atoms with van der Waals surface area (Å²) >= 11 is 1.32. The summed E-state index contributed by atoms with van der Waals surface area (Å²) in [5.41, 5.74) is 0.199. The van der Waals surface area contributed by atoms with Gasteiger partial charge in [-0.25, -0.2) is 17.2 Å². The fraction of sp³-hybridized carbons (Fsp3) is 0.444. The number of rotatable bonds is 3. The van der Waals surface area contributed by atoms with E-state index in [-0.39, 0.29) is 11.7 Å². The van der Waals surface area contributed by atoms with Gasteiger partial charge in [0.1, 0.15) is 11.6 Å². The first-order valence-electron chi connectivity index (χ1n) is 9.15. The molecule has 3 heterocycles. The molecule has 0 radical (unpaired) electrons. The molecule has 1 atom stereocenters. The van der Waals surface area contributed by atoms with Crippen molar-refractivity contribution in [2.75, 3.05) is 30.3 Å². The highest BCUT2D eigenvalue weighted by molar-refractivity contribution is 7.99. The molecule has 1 unspecified atom stereocenters. The molecule has 7 nitrogen and oxygen atoms in total. The zero-order valence-corrected chi connectivity index (χ0v) is 17.5. The standard InChI is InChI=1S/C18H20F2N4O3S2/c1-11(2)29(26,27)22-3-4-23-15(9-22)10-28-17-16(23)8-21-24(18(17)25)14-6-12(19)5-13(20)7-14/h5-8,11,15H,3-4,9-10H2,1-2H3. The summed E-state index contributed by atoms with van der Waals surface area (Å²) in [5.74, 6) is -1.04. The zero-order chi connectivity index (χ0) is 20.9. The van der Waals surface area contributed by atoms with Crippen LogP contribution in [0.2, 0.25) is 0 Å². The molecule has 156 valence electrons. The minimum absolute atomic E-state index is 0.0193. The predicted molar refractivity (Wildman–Crippen MR) is 107 cm³/mol. The maximum atomic E-state index is 13.5. The molecule has 1 aromatic carbocycles. The Balaban J connectivity index is 1.66. The van der Waals surface area contributed by atoms with Crippen LogP contribution in [0.5, 0.6) is 0 Å². The number of sulfonamides is 1. The van der Waals surface area contributed by atoms with Crippen molar-refractivity contribution in [3.63, 3.8) is 0 Å². The highest BCUT2D eigenvalue weighted by atomic mass is 32.2. The van der Waals surface area contributed by atoms with Gasteiger partial charge in [-0.3, -0.25) is 4.79 Å². The van der Waals surface area contributed by atoms with Crippen LogP contribution in [-0.2, 0) is 10.0 Å². The lowest BCUT2D eigenvalue weighted by atomic mass is 10.2. The van der Waals surface area contributed by atoms with Gasteiger partial charge in [0.25, 0.3) is 5.56 Å². The van der Waals surface area contributed by atoms with Crippen molar-refractivity contribution in [2.45, 2.75) is 30.0 Å². The van der Waals surface area contributed by atoms with Crippen LogP contribution in [0.4, 0.5) is 14.5 Å². The average molecular weight is 443 g/mol. The molecule has 0 N–H and O–H groups in total. The van der Waals surface area contributed by atoms with Crippen LogP contribution in [0.15, 0.2) is 34.1 Å². The van der Waals surface area contributed by atoms with E-state index in [0.717, 1.165) is 22.9 Å². The number of piperazine rings is 1. The van der Waals surface area contributed by atoms with E-state index in [1.165, 1.54) is 22.3 Å². The minimum Gasteiger partial charge on any atom is -0.363 e. The third kappa shape index (κ3) is 3.55. The fourth-order valence-corrected chi connectivity index (χ4v) is 6.09. The largest absolute Gasteiger partial charge is 0.363 e. The van der Waals surface area contributed by atoms with Gasteiger partial charge in [0.15, 0.2) is 0 Å². The number of halogens is 2. The van der Waals surface area contributed by atoms with E-state index in [1.807, 2.05) is 4.90 Å². The molecule has 4 rings (SSSR count). The van der Waals surface area contributed by atoms with Gasteiger partial charge in [0, 0.05) is 31.5 Å². The normalized spacial score (nSPS) is 19.9. The van der Waals surface area contributed by atoms with Crippen molar-refractivity contribution < 1.29 is 17.2 Å². The second-order valence-electron chi connectivity index (χ2n) is 7.31. The number of nitrogens with zero attached hydrogens (tertiary/aromatic N) is 4. The van der Waals surface area contributed by atoms with Crippen molar-refractivity contribution in [3.8, 4) is 5.69 Å². The van der Waals surface area contributed by atoms with Gasteiger partial charge >= 0.3 is 0 Å². The van der Waals surface area contributed by atoms with Gasteiger partial charge in [-0.05, 0) is 26.0 Å². The van der Waals surface area contributed by atoms with E-state index < -0.39 is 32.5 Å². The summed E-state index contributed by atoms with van der Waals surface area (Å²) in [7, 11) is -3.34. The SMILES string of the molecule is CC(C)S(=O)(=O)N1CCN2c3cnn(-c4cc(F)cc(F)c4)c(=O)c3SCC2C1. The second kappa shape index (κ2) is 7.37. The first kappa shape index (κ1) is 20.3. The van der Waals surface area contributed by atoms with Gasteiger partial charge < -0.3 is 4.90 Å². The van der Waals surface area contributed by atoms with Crippen molar-refractivity contribution in [1.82, 2.24) is 14.1 Å². The molecule has 1 aromatic heterocycles. The first-order valence-corrected chi connectivity index (χ1v) is 11.6. The first-order chi connectivity index (χ1) is 13.7. The molecular weight excluding hydrogens is 422 g/mol. The lowest BCUT2D eigenvalue weighted by molar-refractivity contribution is 0.339. The van der Waals surface area contributed by atoms with E-state index in [9.17, 15) is 22.0 Å². The highest BCUT2D eigenvalue weighted by Gasteiger charge is 2.38. The molecule has 0 amide bonds. The maximum Gasteiger partial charge on any atom is 0.287 e. The summed E-state index contributed by atoms with van der Waals surface area (Å²) in [5, 5.41) is 3.63. The molecule has 2 aliphatic heterocycles. The van der Waals surface area contributed by atoms with E-state index in [4.69, 9.17) is 0 Å². The molecule has 1 fully saturated rings. The number of benzene rings is 1. The monoisotopic (exact) mass is 442 g/mol.